The Kier molecular flexibility index (Phi) is 3.21. The summed E-state index contributed by atoms with van der Waals surface area (Å²) in [6.07, 6.45) is 0. The Balaban J connectivity index is 2.79. The Bertz CT molecular complexity index is 285. The van der Waals surface area contributed by atoms with Crippen LogP contribution in [0.3, 0.4) is 0 Å². The molecule has 1 aromatic carbocycles. The van der Waals surface area contributed by atoms with Gasteiger partial charge in [0.2, 0.25) is 0 Å². The number of hydrogen-bond donors (Lipinski definition) is 0. The summed E-state index contributed by atoms with van der Waals surface area (Å²) in [5, 5.41) is 0.239. The van der Waals surface area contributed by atoms with Gasteiger partial charge in [-0.1, -0.05) is 18.2 Å². The highest BCUT2D eigenvalue weighted by Crippen LogP contribution is 2.62. The molecule has 1 aromatic rings. The molecule has 0 spiro atoms. The van der Waals surface area contributed by atoms with Gasteiger partial charge >= 0.3 is 0 Å². The summed E-state index contributed by atoms with van der Waals surface area (Å²) in [7, 11) is -1.35. The van der Waals surface area contributed by atoms with E-state index in [0.29, 0.717) is 0 Å². The molecule has 0 aromatic heterocycles. The normalized spacial score (nSPS) is 12.6. The molecule has 2 heteroatoms. The van der Waals surface area contributed by atoms with Crippen LogP contribution >= 0.6 is 7.49 Å². The molecule has 0 saturated heterocycles. The lowest BCUT2D eigenvalue weighted by Crippen LogP contribution is -2.22. The van der Waals surface area contributed by atoms with Crippen LogP contribution in [0.15, 0.2) is 30.3 Å². The lowest BCUT2D eigenvalue weighted by Gasteiger charge is -2.30. The standard InChI is InChI=1S/C12H20OP/c1-12(2,3)14(4,5)13-11-9-7-6-8-10-11/h6-10H,1-5H3/q+1. The maximum atomic E-state index is 6.08. The van der Waals surface area contributed by atoms with Gasteiger partial charge < -0.3 is 4.52 Å². The van der Waals surface area contributed by atoms with Gasteiger partial charge in [-0.05, 0) is 32.9 Å². The molecule has 0 fully saturated rings. The molecule has 0 aliphatic heterocycles. The Morgan fingerprint density at radius 3 is 1.93 bits per heavy atom. The van der Waals surface area contributed by atoms with E-state index in [1.54, 1.807) is 0 Å². The Labute approximate surface area is 87.9 Å². The predicted octanol–water partition coefficient (Wildman–Crippen LogP) is 4.06. The molecule has 0 aliphatic carbocycles. The molecule has 78 valence electrons. The fourth-order valence-electron chi connectivity index (χ4n) is 0.882. The molecule has 0 unspecified atom stereocenters. The molecule has 0 radical (unpaired) electrons. The zero-order valence-corrected chi connectivity index (χ0v) is 10.6. The van der Waals surface area contributed by atoms with Crippen LogP contribution in [0.5, 0.6) is 5.75 Å². The maximum Gasteiger partial charge on any atom is 0.190 e. The average Bonchev–Trinajstić information content (AvgIpc) is 2.03. The monoisotopic (exact) mass is 211 g/mol. The lowest BCUT2D eigenvalue weighted by molar-refractivity contribution is 0.561. The van der Waals surface area contributed by atoms with E-state index in [4.69, 9.17) is 4.52 Å². The first-order valence-electron chi connectivity index (χ1n) is 4.92. The van der Waals surface area contributed by atoms with Crippen molar-refractivity contribution in [2.45, 2.75) is 25.9 Å². The largest absolute Gasteiger partial charge is 0.351 e. The molecule has 0 saturated carbocycles. The van der Waals surface area contributed by atoms with Crippen molar-refractivity contribution in [3.05, 3.63) is 30.3 Å². The Morgan fingerprint density at radius 2 is 1.50 bits per heavy atom. The maximum absolute atomic E-state index is 6.08. The summed E-state index contributed by atoms with van der Waals surface area (Å²) < 4.78 is 6.08. The van der Waals surface area contributed by atoms with Gasteiger partial charge in [0, 0.05) is 0 Å². The fraction of sp³-hybridized carbons (Fsp3) is 0.500. The molecule has 0 amide bonds. The van der Waals surface area contributed by atoms with Crippen molar-refractivity contribution in [2.75, 3.05) is 13.3 Å². The minimum absolute atomic E-state index is 0.239. The third-order valence-electron chi connectivity index (χ3n) is 2.69. The first kappa shape index (κ1) is 11.5. The zero-order valence-electron chi connectivity index (χ0n) is 9.74. The van der Waals surface area contributed by atoms with Crippen LogP contribution in [0.25, 0.3) is 0 Å². The summed E-state index contributed by atoms with van der Waals surface area (Å²) in [5.41, 5.74) is 0. The Hall–Kier alpha value is -0.550. The van der Waals surface area contributed by atoms with E-state index >= 15 is 0 Å². The molecule has 0 N–H and O–H groups in total. The first-order chi connectivity index (χ1) is 6.33. The second-order valence-electron chi connectivity index (χ2n) is 4.93. The fourth-order valence-corrected chi connectivity index (χ4v) is 1.80. The van der Waals surface area contributed by atoms with Crippen molar-refractivity contribution in [3.63, 3.8) is 0 Å². The molecule has 0 atom stereocenters. The van der Waals surface area contributed by atoms with Crippen molar-refractivity contribution < 1.29 is 4.52 Å². The number of hydrogen-bond acceptors (Lipinski definition) is 1. The van der Waals surface area contributed by atoms with Crippen LogP contribution in [0.1, 0.15) is 20.8 Å². The van der Waals surface area contributed by atoms with Gasteiger partial charge in [0.1, 0.15) is 5.16 Å². The molecular formula is C12H20OP+. The number of para-hydroxylation sites is 1. The molecule has 0 aliphatic rings. The second kappa shape index (κ2) is 3.90. The molecule has 14 heavy (non-hydrogen) atoms. The van der Waals surface area contributed by atoms with Crippen LogP contribution in [-0.4, -0.2) is 18.5 Å². The topological polar surface area (TPSA) is 9.23 Å². The van der Waals surface area contributed by atoms with Gasteiger partial charge in [-0.25, -0.2) is 0 Å². The van der Waals surface area contributed by atoms with Crippen LogP contribution in [0, 0.1) is 0 Å². The van der Waals surface area contributed by atoms with E-state index in [1.807, 2.05) is 30.3 Å². The van der Waals surface area contributed by atoms with Crippen molar-refractivity contribution in [3.8, 4) is 5.75 Å². The van der Waals surface area contributed by atoms with Gasteiger partial charge in [0.15, 0.2) is 13.2 Å². The van der Waals surface area contributed by atoms with Crippen LogP contribution in [0.2, 0.25) is 0 Å². The van der Waals surface area contributed by atoms with Crippen molar-refractivity contribution in [2.24, 2.45) is 0 Å². The van der Waals surface area contributed by atoms with Crippen molar-refractivity contribution in [1.29, 1.82) is 0 Å². The highest BCUT2D eigenvalue weighted by Gasteiger charge is 2.43. The smallest absolute Gasteiger partial charge is 0.190 e. The van der Waals surface area contributed by atoms with E-state index in [0.717, 1.165) is 5.75 Å². The van der Waals surface area contributed by atoms with E-state index in [9.17, 15) is 0 Å². The highest BCUT2D eigenvalue weighted by atomic mass is 31.2. The van der Waals surface area contributed by atoms with Gasteiger partial charge in [0.25, 0.3) is 0 Å². The molecular weight excluding hydrogens is 191 g/mol. The van der Waals surface area contributed by atoms with Crippen LogP contribution in [-0.2, 0) is 0 Å². The first-order valence-corrected chi connectivity index (χ1v) is 7.52. The summed E-state index contributed by atoms with van der Waals surface area (Å²) in [6.45, 7) is 11.2. The summed E-state index contributed by atoms with van der Waals surface area (Å²) in [4.78, 5) is 0. The zero-order chi connectivity index (χ0) is 10.8. The van der Waals surface area contributed by atoms with Crippen LogP contribution < -0.4 is 4.52 Å². The van der Waals surface area contributed by atoms with E-state index in [-0.39, 0.29) is 5.16 Å². The number of rotatable bonds is 2. The van der Waals surface area contributed by atoms with Crippen LogP contribution in [0.4, 0.5) is 0 Å². The predicted molar refractivity (Wildman–Crippen MR) is 65.6 cm³/mol. The highest BCUT2D eigenvalue weighted by molar-refractivity contribution is 7.71. The quantitative estimate of drug-likeness (QED) is 0.670. The van der Waals surface area contributed by atoms with Gasteiger partial charge in [0.05, 0.1) is 13.3 Å². The van der Waals surface area contributed by atoms with Crippen molar-refractivity contribution >= 4 is 7.49 Å². The minimum atomic E-state index is -1.35. The third-order valence-corrected chi connectivity index (χ3v) is 6.59. The van der Waals surface area contributed by atoms with E-state index < -0.39 is 7.49 Å². The molecule has 1 rings (SSSR count). The second-order valence-corrected chi connectivity index (χ2v) is 9.15. The van der Waals surface area contributed by atoms with Gasteiger partial charge in [-0.2, -0.15) is 0 Å². The molecule has 0 bridgehead atoms. The van der Waals surface area contributed by atoms with E-state index in [2.05, 4.69) is 34.1 Å². The average molecular weight is 211 g/mol. The summed E-state index contributed by atoms with van der Waals surface area (Å²) in [5.74, 6) is 0.987. The summed E-state index contributed by atoms with van der Waals surface area (Å²) in [6, 6.07) is 10.1. The Morgan fingerprint density at radius 1 is 1.00 bits per heavy atom. The van der Waals surface area contributed by atoms with Gasteiger partial charge in [-0.3, -0.25) is 0 Å². The SMILES string of the molecule is CC(C)(C)[P+](C)(C)Oc1ccccc1. The summed E-state index contributed by atoms with van der Waals surface area (Å²) >= 11 is 0. The number of benzene rings is 1. The minimum Gasteiger partial charge on any atom is -0.351 e. The molecule has 1 nitrogen and oxygen atoms in total. The van der Waals surface area contributed by atoms with Gasteiger partial charge in [-0.15, -0.1) is 0 Å². The third kappa shape index (κ3) is 2.72. The molecule has 0 heterocycles. The van der Waals surface area contributed by atoms with Crippen molar-refractivity contribution in [1.82, 2.24) is 0 Å². The lowest BCUT2D eigenvalue weighted by atomic mass is 10.3. The van der Waals surface area contributed by atoms with E-state index in [1.165, 1.54) is 0 Å².